The second-order valence-electron chi connectivity index (χ2n) is 4.79. The fourth-order valence-corrected chi connectivity index (χ4v) is 1.69. The monoisotopic (exact) mass is 260 g/mol. The van der Waals surface area contributed by atoms with Gasteiger partial charge in [-0.25, -0.2) is 4.98 Å². The number of nitrogens with zero attached hydrogens (tertiary/aromatic N) is 3. The highest BCUT2D eigenvalue weighted by molar-refractivity contribution is 5.27. The number of nitrogens with one attached hydrogen (secondary N) is 1. The van der Waals surface area contributed by atoms with Crippen LogP contribution < -0.4 is 10.1 Å². The standard InChI is InChI=1S/C14H20N4O/c1-10(2)18-9-13(8-17-18)19-14-7-12(5-6-16-14)11(3)15-4/h5-11,15H,1-4H3. The predicted octanol–water partition coefficient (Wildman–Crippen LogP) is 2.93. The van der Waals surface area contributed by atoms with Crippen LogP contribution in [0.5, 0.6) is 11.6 Å². The van der Waals surface area contributed by atoms with Crippen LogP contribution in [0.4, 0.5) is 0 Å². The Labute approximate surface area is 113 Å². The van der Waals surface area contributed by atoms with Gasteiger partial charge in [0.2, 0.25) is 5.88 Å². The van der Waals surface area contributed by atoms with Crippen LogP contribution in [0.15, 0.2) is 30.7 Å². The summed E-state index contributed by atoms with van der Waals surface area (Å²) < 4.78 is 7.58. The van der Waals surface area contributed by atoms with Crippen molar-refractivity contribution in [1.29, 1.82) is 0 Å². The van der Waals surface area contributed by atoms with Crippen molar-refractivity contribution in [3.8, 4) is 11.6 Å². The zero-order valence-corrected chi connectivity index (χ0v) is 11.8. The molecule has 1 N–H and O–H groups in total. The second kappa shape index (κ2) is 5.84. The summed E-state index contributed by atoms with van der Waals surface area (Å²) >= 11 is 0. The molecule has 0 aliphatic carbocycles. The first-order chi connectivity index (χ1) is 9.10. The Hall–Kier alpha value is -1.88. The summed E-state index contributed by atoms with van der Waals surface area (Å²) in [6, 6.07) is 4.50. The normalized spacial score (nSPS) is 12.7. The molecule has 102 valence electrons. The van der Waals surface area contributed by atoms with E-state index < -0.39 is 0 Å². The molecule has 0 bridgehead atoms. The van der Waals surface area contributed by atoms with Crippen molar-refractivity contribution in [2.24, 2.45) is 0 Å². The molecule has 19 heavy (non-hydrogen) atoms. The van der Waals surface area contributed by atoms with Gasteiger partial charge in [0.25, 0.3) is 0 Å². The van der Waals surface area contributed by atoms with E-state index in [1.54, 1.807) is 12.4 Å². The number of hydrogen-bond acceptors (Lipinski definition) is 4. The molecule has 0 aromatic carbocycles. The summed E-state index contributed by atoms with van der Waals surface area (Å²) in [5.74, 6) is 1.29. The van der Waals surface area contributed by atoms with Crippen molar-refractivity contribution >= 4 is 0 Å². The second-order valence-corrected chi connectivity index (χ2v) is 4.79. The number of ether oxygens (including phenoxy) is 1. The smallest absolute Gasteiger partial charge is 0.219 e. The molecule has 0 radical (unpaired) electrons. The van der Waals surface area contributed by atoms with Gasteiger partial charge in [-0.3, -0.25) is 4.68 Å². The summed E-state index contributed by atoms with van der Waals surface area (Å²) in [6.45, 7) is 6.24. The van der Waals surface area contributed by atoms with E-state index in [9.17, 15) is 0 Å². The molecule has 2 rings (SSSR count). The maximum Gasteiger partial charge on any atom is 0.219 e. The largest absolute Gasteiger partial charge is 0.436 e. The summed E-state index contributed by atoms with van der Waals surface area (Å²) in [5.41, 5.74) is 1.14. The molecule has 0 fully saturated rings. The highest BCUT2D eigenvalue weighted by atomic mass is 16.5. The molecule has 1 unspecified atom stereocenters. The van der Waals surface area contributed by atoms with Crippen molar-refractivity contribution in [2.45, 2.75) is 32.9 Å². The van der Waals surface area contributed by atoms with E-state index in [4.69, 9.17) is 4.74 Å². The fourth-order valence-electron chi connectivity index (χ4n) is 1.69. The van der Waals surface area contributed by atoms with Gasteiger partial charge < -0.3 is 10.1 Å². The van der Waals surface area contributed by atoms with Crippen LogP contribution in [0.3, 0.4) is 0 Å². The molecule has 0 amide bonds. The minimum atomic E-state index is 0.267. The summed E-state index contributed by atoms with van der Waals surface area (Å²) in [4.78, 5) is 4.22. The number of pyridine rings is 1. The van der Waals surface area contributed by atoms with Crippen molar-refractivity contribution in [1.82, 2.24) is 20.1 Å². The summed E-state index contributed by atoms with van der Waals surface area (Å²) in [7, 11) is 1.93. The molecule has 1 atom stereocenters. The van der Waals surface area contributed by atoms with Crippen molar-refractivity contribution in [3.63, 3.8) is 0 Å². The molecule has 0 aliphatic heterocycles. The third-order valence-electron chi connectivity index (χ3n) is 3.02. The lowest BCUT2D eigenvalue weighted by molar-refractivity contribution is 0.457. The van der Waals surface area contributed by atoms with E-state index in [2.05, 4.69) is 36.2 Å². The zero-order valence-electron chi connectivity index (χ0n) is 11.8. The molecule has 2 aromatic rings. The highest BCUT2D eigenvalue weighted by Gasteiger charge is 2.07. The van der Waals surface area contributed by atoms with Gasteiger partial charge in [0, 0.05) is 24.3 Å². The minimum absolute atomic E-state index is 0.267. The summed E-state index contributed by atoms with van der Waals surface area (Å²) in [6.07, 6.45) is 5.34. The highest BCUT2D eigenvalue weighted by Crippen LogP contribution is 2.22. The fraction of sp³-hybridized carbons (Fsp3) is 0.429. The van der Waals surface area contributed by atoms with Crippen LogP contribution in [0.25, 0.3) is 0 Å². The molecular formula is C14H20N4O. The van der Waals surface area contributed by atoms with Crippen molar-refractivity contribution < 1.29 is 4.74 Å². The predicted molar refractivity (Wildman–Crippen MR) is 74.4 cm³/mol. The Kier molecular flexibility index (Phi) is 4.16. The van der Waals surface area contributed by atoms with Crippen LogP contribution >= 0.6 is 0 Å². The van der Waals surface area contributed by atoms with E-state index in [0.29, 0.717) is 17.7 Å². The van der Waals surface area contributed by atoms with Gasteiger partial charge in [-0.15, -0.1) is 0 Å². The number of rotatable bonds is 5. The lowest BCUT2D eigenvalue weighted by Gasteiger charge is -2.11. The first kappa shape index (κ1) is 13.5. The third kappa shape index (κ3) is 3.32. The average Bonchev–Trinajstić information content (AvgIpc) is 2.87. The maximum atomic E-state index is 5.72. The van der Waals surface area contributed by atoms with Gasteiger partial charge >= 0.3 is 0 Å². The molecule has 5 heteroatoms. The van der Waals surface area contributed by atoms with Crippen LogP contribution in [0.1, 0.15) is 38.4 Å². The lowest BCUT2D eigenvalue weighted by atomic mass is 10.1. The van der Waals surface area contributed by atoms with Crippen molar-refractivity contribution in [3.05, 3.63) is 36.3 Å². The molecule has 0 saturated heterocycles. The van der Waals surface area contributed by atoms with Gasteiger partial charge in [-0.05, 0) is 39.4 Å². The molecule has 0 aliphatic rings. The number of aromatic nitrogens is 3. The molecule has 0 spiro atoms. The zero-order chi connectivity index (χ0) is 13.8. The van der Waals surface area contributed by atoms with E-state index in [1.165, 1.54) is 0 Å². The van der Waals surface area contributed by atoms with Crippen LogP contribution in [-0.2, 0) is 0 Å². The quantitative estimate of drug-likeness (QED) is 0.898. The Morgan fingerprint density at radius 2 is 2.11 bits per heavy atom. The van der Waals surface area contributed by atoms with Crippen molar-refractivity contribution in [2.75, 3.05) is 7.05 Å². The molecule has 2 aromatic heterocycles. The molecule has 0 saturated carbocycles. The Balaban J connectivity index is 2.14. The van der Waals surface area contributed by atoms with Gasteiger partial charge in [-0.2, -0.15) is 5.10 Å². The molecular weight excluding hydrogens is 240 g/mol. The minimum Gasteiger partial charge on any atom is -0.436 e. The Bertz CT molecular complexity index is 536. The Morgan fingerprint density at radius 3 is 2.74 bits per heavy atom. The van der Waals surface area contributed by atoms with E-state index in [0.717, 1.165) is 5.56 Å². The van der Waals surface area contributed by atoms with Crippen LogP contribution in [0, 0.1) is 0 Å². The lowest BCUT2D eigenvalue weighted by Crippen LogP contribution is -2.12. The van der Waals surface area contributed by atoms with E-state index in [-0.39, 0.29) is 6.04 Å². The molecule has 2 heterocycles. The van der Waals surface area contributed by atoms with E-state index >= 15 is 0 Å². The summed E-state index contributed by atoms with van der Waals surface area (Å²) in [5, 5.41) is 7.43. The SMILES string of the molecule is CNC(C)c1ccnc(Oc2cnn(C(C)C)c2)c1. The van der Waals surface area contributed by atoms with Crippen LogP contribution in [0.2, 0.25) is 0 Å². The third-order valence-corrected chi connectivity index (χ3v) is 3.02. The number of hydrogen-bond donors (Lipinski definition) is 1. The topological polar surface area (TPSA) is 52.0 Å². The van der Waals surface area contributed by atoms with E-state index in [1.807, 2.05) is 30.1 Å². The van der Waals surface area contributed by atoms with Crippen LogP contribution in [-0.4, -0.2) is 21.8 Å². The molecule has 5 nitrogen and oxygen atoms in total. The van der Waals surface area contributed by atoms with Gasteiger partial charge in [0.15, 0.2) is 5.75 Å². The van der Waals surface area contributed by atoms with Gasteiger partial charge in [0.1, 0.15) is 0 Å². The van der Waals surface area contributed by atoms with Gasteiger partial charge in [-0.1, -0.05) is 0 Å². The first-order valence-corrected chi connectivity index (χ1v) is 6.45. The Morgan fingerprint density at radius 1 is 1.32 bits per heavy atom. The first-order valence-electron chi connectivity index (χ1n) is 6.45. The maximum absolute atomic E-state index is 5.72. The average molecular weight is 260 g/mol. The van der Waals surface area contributed by atoms with Gasteiger partial charge in [0.05, 0.1) is 12.4 Å².